The highest BCUT2D eigenvalue weighted by Gasteiger charge is 2.37. The first-order valence-electron chi connectivity index (χ1n) is 13.0. The summed E-state index contributed by atoms with van der Waals surface area (Å²) in [7, 11) is 1.55. The molecule has 1 aliphatic carbocycles. The van der Waals surface area contributed by atoms with Gasteiger partial charge >= 0.3 is 12.4 Å². The molecule has 2 aliphatic rings. The minimum atomic E-state index is -4.91. The Balaban J connectivity index is 1.48. The highest BCUT2D eigenvalue weighted by Crippen LogP contribution is 2.36. The lowest BCUT2D eigenvalue weighted by Gasteiger charge is -2.42. The number of rotatable bonds is 7. The molecule has 2 fully saturated rings. The van der Waals surface area contributed by atoms with Crippen LogP contribution in [0.2, 0.25) is 0 Å². The van der Waals surface area contributed by atoms with E-state index in [4.69, 9.17) is 0 Å². The van der Waals surface area contributed by atoms with Crippen LogP contribution in [0, 0.1) is 0 Å². The van der Waals surface area contributed by atoms with Gasteiger partial charge in [0.05, 0.1) is 11.1 Å². The molecule has 1 heterocycles. The topological polar surface area (TPSA) is 26.8 Å². The number of hydrogen-bond acceptors (Lipinski definition) is 3. The minimum Gasteiger partial charge on any atom is -0.344 e. The summed E-state index contributed by atoms with van der Waals surface area (Å²) >= 11 is 0. The van der Waals surface area contributed by atoms with Crippen LogP contribution in [0.4, 0.5) is 26.3 Å². The van der Waals surface area contributed by atoms with E-state index in [-0.39, 0.29) is 30.5 Å². The van der Waals surface area contributed by atoms with Crippen LogP contribution in [0.15, 0.2) is 48.5 Å². The third kappa shape index (κ3) is 6.88. The molecule has 10 heteroatoms. The van der Waals surface area contributed by atoms with Gasteiger partial charge in [0.25, 0.3) is 0 Å². The highest BCUT2D eigenvalue weighted by atomic mass is 19.4. The maximum absolute atomic E-state index is 13.7. The van der Waals surface area contributed by atoms with Gasteiger partial charge in [0.2, 0.25) is 5.91 Å². The fourth-order valence-corrected chi connectivity index (χ4v) is 5.55. The molecule has 4 rings (SSSR count). The summed E-state index contributed by atoms with van der Waals surface area (Å²) in [4.78, 5) is 19.7. The van der Waals surface area contributed by atoms with Crippen LogP contribution < -0.4 is 0 Å². The molecular formula is C28H33F6N3O. The average Bonchev–Trinajstić information content (AvgIpc) is 3.42. The second-order valence-electron chi connectivity index (χ2n) is 10.2. The fraction of sp³-hybridized carbons (Fsp3) is 0.536. The van der Waals surface area contributed by atoms with Gasteiger partial charge in [0, 0.05) is 45.8 Å². The summed E-state index contributed by atoms with van der Waals surface area (Å²) < 4.78 is 79.5. The van der Waals surface area contributed by atoms with Gasteiger partial charge in [0.15, 0.2) is 0 Å². The number of carbonyl (C=O) groups excluding carboxylic acids is 1. The quantitative estimate of drug-likeness (QED) is 0.401. The van der Waals surface area contributed by atoms with Crippen molar-refractivity contribution in [1.82, 2.24) is 14.7 Å². The van der Waals surface area contributed by atoms with E-state index in [1.165, 1.54) is 30.6 Å². The predicted molar refractivity (Wildman–Crippen MR) is 132 cm³/mol. The van der Waals surface area contributed by atoms with Crippen molar-refractivity contribution in [3.63, 3.8) is 0 Å². The van der Waals surface area contributed by atoms with Gasteiger partial charge in [-0.05, 0) is 48.6 Å². The maximum Gasteiger partial charge on any atom is 0.416 e. The molecule has 38 heavy (non-hydrogen) atoms. The molecule has 0 radical (unpaired) electrons. The molecule has 208 valence electrons. The summed E-state index contributed by atoms with van der Waals surface area (Å²) in [5.41, 5.74) is -2.00. The van der Waals surface area contributed by atoms with Gasteiger partial charge in [-0.15, -0.1) is 0 Å². The maximum atomic E-state index is 13.7. The van der Waals surface area contributed by atoms with E-state index in [1.807, 2.05) is 30.3 Å². The van der Waals surface area contributed by atoms with Gasteiger partial charge < -0.3 is 4.90 Å². The number of alkyl halides is 6. The standard InChI is InChI=1S/C28H33F6N3O/c1-35(12-11-20-17-22(27(29,30)31)19-23(18-20)28(32,33)34)26(38)25(21-7-3-2-4-8-21)37-15-13-36(14-16-37)24-9-5-6-10-24/h2-4,7-8,17-19,24-25H,5-6,9-16H2,1H3. The molecule has 0 bridgehead atoms. The molecule has 0 N–H and O–H groups in total. The van der Waals surface area contributed by atoms with Gasteiger partial charge in [-0.3, -0.25) is 14.6 Å². The lowest BCUT2D eigenvalue weighted by atomic mass is 10.0. The van der Waals surface area contributed by atoms with Crippen molar-refractivity contribution in [3.8, 4) is 0 Å². The Morgan fingerprint density at radius 2 is 1.45 bits per heavy atom. The molecule has 0 spiro atoms. The number of benzene rings is 2. The smallest absolute Gasteiger partial charge is 0.344 e. The second-order valence-corrected chi connectivity index (χ2v) is 10.2. The van der Waals surface area contributed by atoms with Gasteiger partial charge in [-0.1, -0.05) is 43.2 Å². The largest absolute Gasteiger partial charge is 0.416 e. The van der Waals surface area contributed by atoms with Crippen molar-refractivity contribution in [2.45, 2.75) is 56.5 Å². The summed E-state index contributed by atoms with van der Waals surface area (Å²) in [5, 5.41) is 0. The molecule has 1 saturated carbocycles. The Morgan fingerprint density at radius 3 is 1.97 bits per heavy atom. The molecule has 1 saturated heterocycles. The Hall–Kier alpha value is -2.59. The van der Waals surface area contributed by atoms with Crippen molar-refractivity contribution in [3.05, 3.63) is 70.8 Å². The SMILES string of the molecule is CN(CCc1cc(C(F)(F)F)cc(C(F)(F)F)c1)C(=O)C(c1ccccc1)N1CCN(C2CCCC2)CC1. The zero-order valence-corrected chi connectivity index (χ0v) is 21.4. The molecule has 4 nitrogen and oxygen atoms in total. The Bertz CT molecular complexity index is 1040. The van der Waals surface area contributed by atoms with E-state index in [2.05, 4.69) is 9.80 Å². The molecule has 1 aliphatic heterocycles. The number of carbonyl (C=O) groups is 1. The number of piperazine rings is 1. The summed E-state index contributed by atoms with van der Waals surface area (Å²) in [6.07, 6.45) is -5.04. The molecule has 1 amide bonds. The minimum absolute atomic E-state index is 0.0111. The number of amides is 1. The zero-order valence-electron chi connectivity index (χ0n) is 21.4. The molecule has 1 unspecified atom stereocenters. The third-order valence-electron chi connectivity index (χ3n) is 7.66. The van der Waals surface area contributed by atoms with Crippen LogP contribution in [0.1, 0.15) is 54.0 Å². The Kier molecular flexibility index (Phi) is 8.72. The molecule has 0 aromatic heterocycles. The van der Waals surface area contributed by atoms with Crippen LogP contribution in [-0.4, -0.2) is 66.4 Å². The number of hydrogen-bond donors (Lipinski definition) is 0. The van der Waals surface area contributed by atoms with Crippen LogP contribution in [0.25, 0.3) is 0 Å². The number of halogens is 6. The third-order valence-corrected chi connectivity index (χ3v) is 7.66. The van der Waals surface area contributed by atoms with Crippen molar-refractivity contribution in [2.24, 2.45) is 0 Å². The first-order chi connectivity index (χ1) is 17.9. The normalized spacial score (nSPS) is 19.0. The Morgan fingerprint density at radius 1 is 0.895 bits per heavy atom. The van der Waals surface area contributed by atoms with Crippen molar-refractivity contribution in [2.75, 3.05) is 39.8 Å². The van der Waals surface area contributed by atoms with Crippen LogP contribution in [-0.2, 0) is 23.6 Å². The first kappa shape index (κ1) is 28.4. The monoisotopic (exact) mass is 541 g/mol. The van der Waals surface area contributed by atoms with Crippen molar-refractivity contribution in [1.29, 1.82) is 0 Å². The molecular weight excluding hydrogens is 508 g/mol. The summed E-state index contributed by atoms with van der Waals surface area (Å²) in [6.45, 7) is 3.12. The molecule has 2 aromatic carbocycles. The van der Waals surface area contributed by atoms with E-state index in [0.717, 1.165) is 30.8 Å². The van der Waals surface area contributed by atoms with Crippen LogP contribution in [0.3, 0.4) is 0 Å². The van der Waals surface area contributed by atoms with E-state index in [9.17, 15) is 31.1 Å². The predicted octanol–water partition coefficient (Wildman–Crippen LogP) is 6.03. The van der Waals surface area contributed by atoms with Gasteiger partial charge in [-0.2, -0.15) is 26.3 Å². The van der Waals surface area contributed by atoms with E-state index in [0.29, 0.717) is 19.1 Å². The van der Waals surface area contributed by atoms with Crippen LogP contribution >= 0.6 is 0 Å². The fourth-order valence-electron chi connectivity index (χ4n) is 5.55. The molecule has 1 atom stereocenters. The summed E-state index contributed by atoms with van der Waals surface area (Å²) in [5.74, 6) is -0.228. The van der Waals surface area contributed by atoms with E-state index < -0.39 is 29.5 Å². The first-order valence-corrected chi connectivity index (χ1v) is 13.0. The van der Waals surface area contributed by atoms with E-state index in [1.54, 1.807) is 7.05 Å². The van der Waals surface area contributed by atoms with Gasteiger partial charge in [0.1, 0.15) is 6.04 Å². The van der Waals surface area contributed by atoms with Crippen molar-refractivity contribution >= 4 is 5.91 Å². The Labute approximate surface area is 219 Å². The lowest BCUT2D eigenvalue weighted by Crippen LogP contribution is -2.53. The van der Waals surface area contributed by atoms with E-state index >= 15 is 0 Å². The average molecular weight is 542 g/mol. The molecule has 2 aromatic rings. The second kappa shape index (κ2) is 11.7. The van der Waals surface area contributed by atoms with Crippen LogP contribution in [0.5, 0.6) is 0 Å². The van der Waals surface area contributed by atoms with Crippen molar-refractivity contribution < 1.29 is 31.1 Å². The zero-order chi connectivity index (χ0) is 27.5. The van der Waals surface area contributed by atoms with Gasteiger partial charge in [-0.25, -0.2) is 0 Å². The number of likely N-dealkylation sites (N-methyl/N-ethyl adjacent to an activating group) is 1. The highest BCUT2D eigenvalue weighted by molar-refractivity contribution is 5.83. The summed E-state index contributed by atoms with van der Waals surface area (Å²) in [6, 6.07) is 10.9. The number of nitrogens with zero attached hydrogens (tertiary/aromatic N) is 3. The lowest BCUT2D eigenvalue weighted by molar-refractivity contribution is -0.143.